The van der Waals surface area contributed by atoms with Crippen LogP contribution in [0.25, 0.3) is 0 Å². The van der Waals surface area contributed by atoms with Gasteiger partial charge in [-0.2, -0.15) is 0 Å². The lowest BCUT2D eigenvalue weighted by atomic mass is 9.57. The first-order valence-corrected chi connectivity index (χ1v) is 7.87. The molecule has 0 unspecified atom stereocenters. The van der Waals surface area contributed by atoms with Gasteiger partial charge in [-0.3, -0.25) is 0 Å². The van der Waals surface area contributed by atoms with Gasteiger partial charge in [-0.25, -0.2) is 0 Å². The van der Waals surface area contributed by atoms with Gasteiger partial charge in [0.2, 0.25) is 0 Å². The van der Waals surface area contributed by atoms with Gasteiger partial charge in [0, 0.05) is 0 Å². The standard InChI is InChI=1S/C16H28B2O4/c1-10-11-12(17-19-13(2,3)14(4,5)20-17)18-21-15(6,7)16(8,9)22-18/h10-11H,1H2,2-9H3. The molecule has 122 valence electrons. The number of allylic oxidation sites excluding steroid dienone is 2. The van der Waals surface area contributed by atoms with Crippen LogP contribution < -0.4 is 0 Å². The third-order valence-electron chi connectivity index (χ3n) is 5.36. The van der Waals surface area contributed by atoms with Crippen molar-refractivity contribution in [2.45, 2.75) is 77.8 Å². The highest BCUT2D eigenvalue weighted by Gasteiger charge is 2.59. The van der Waals surface area contributed by atoms with Gasteiger partial charge in [0.25, 0.3) is 0 Å². The molecule has 0 atom stereocenters. The molecule has 0 amide bonds. The van der Waals surface area contributed by atoms with Crippen LogP contribution in [0.2, 0.25) is 0 Å². The van der Waals surface area contributed by atoms with E-state index in [-0.39, 0.29) is 0 Å². The quantitative estimate of drug-likeness (QED) is 0.592. The summed E-state index contributed by atoms with van der Waals surface area (Å²) < 4.78 is 24.5. The minimum atomic E-state index is -0.502. The maximum absolute atomic E-state index is 6.13. The summed E-state index contributed by atoms with van der Waals surface area (Å²) in [7, 11) is -1.00. The van der Waals surface area contributed by atoms with E-state index < -0.39 is 36.6 Å². The molecule has 0 saturated carbocycles. The van der Waals surface area contributed by atoms with Crippen LogP contribution in [0.4, 0.5) is 0 Å². The SMILES string of the molecule is C=CC=C(B1OC(C)(C)C(C)(C)O1)B1OC(C)(C)C(C)(C)O1. The largest absolute Gasteiger partial charge is 0.486 e. The van der Waals surface area contributed by atoms with Crippen molar-refractivity contribution in [3.8, 4) is 0 Å². The molecule has 0 radical (unpaired) electrons. The fraction of sp³-hybridized carbons (Fsp3) is 0.750. The Labute approximate surface area is 135 Å². The molecule has 2 saturated heterocycles. The van der Waals surface area contributed by atoms with E-state index in [4.69, 9.17) is 18.6 Å². The third kappa shape index (κ3) is 2.82. The maximum atomic E-state index is 6.13. The second-order valence-electron chi connectivity index (χ2n) is 8.08. The molecule has 0 aromatic carbocycles. The van der Waals surface area contributed by atoms with Gasteiger partial charge in [0.15, 0.2) is 0 Å². The van der Waals surface area contributed by atoms with Crippen LogP contribution >= 0.6 is 0 Å². The van der Waals surface area contributed by atoms with Crippen molar-refractivity contribution in [3.05, 3.63) is 24.1 Å². The minimum absolute atomic E-state index is 0.401. The van der Waals surface area contributed by atoms with Crippen LogP contribution in [0.1, 0.15) is 55.4 Å². The average molecular weight is 306 g/mol. The Balaban J connectivity index is 2.28. The van der Waals surface area contributed by atoms with E-state index in [9.17, 15) is 0 Å². The lowest BCUT2D eigenvalue weighted by molar-refractivity contribution is 0.00578. The first-order chi connectivity index (χ1) is 9.83. The number of rotatable bonds is 3. The Bertz CT molecular complexity index is 424. The Hall–Kier alpha value is -0.550. The van der Waals surface area contributed by atoms with Crippen molar-refractivity contribution < 1.29 is 18.6 Å². The van der Waals surface area contributed by atoms with Gasteiger partial charge in [-0.05, 0) is 60.8 Å². The lowest BCUT2D eigenvalue weighted by Crippen LogP contribution is -2.41. The van der Waals surface area contributed by atoms with Gasteiger partial charge >= 0.3 is 14.2 Å². The van der Waals surface area contributed by atoms with Gasteiger partial charge in [0.1, 0.15) is 0 Å². The summed E-state index contributed by atoms with van der Waals surface area (Å²) in [6.45, 7) is 20.0. The number of hydrogen-bond acceptors (Lipinski definition) is 4. The molecular weight excluding hydrogens is 278 g/mol. The van der Waals surface area contributed by atoms with Crippen molar-refractivity contribution in [2.24, 2.45) is 0 Å². The molecule has 0 aromatic rings. The first kappa shape index (κ1) is 17.8. The third-order valence-corrected chi connectivity index (χ3v) is 5.36. The molecule has 0 N–H and O–H groups in total. The van der Waals surface area contributed by atoms with E-state index in [0.29, 0.717) is 0 Å². The van der Waals surface area contributed by atoms with Crippen molar-refractivity contribution in [2.75, 3.05) is 0 Å². The van der Waals surface area contributed by atoms with Crippen molar-refractivity contribution in [1.29, 1.82) is 0 Å². The van der Waals surface area contributed by atoms with E-state index in [2.05, 4.69) is 6.58 Å². The lowest BCUT2D eigenvalue weighted by Gasteiger charge is -2.32. The molecule has 2 fully saturated rings. The highest BCUT2D eigenvalue weighted by atomic mass is 16.7. The molecule has 2 heterocycles. The van der Waals surface area contributed by atoms with Gasteiger partial charge in [-0.1, -0.05) is 18.7 Å². The summed E-state index contributed by atoms with van der Waals surface area (Å²) >= 11 is 0. The van der Waals surface area contributed by atoms with Crippen molar-refractivity contribution in [1.82, 2.24) is 0 Å². The van der Waals surface area contributed by atoms with Crippen LogP contribution in [0.15, 0.2) is 24.1 Å². The predicted octanol–water partition coefficient (Wildman–Crippen LogP) is 3.36. The van der Waals surface area contributed by atoms with Crippen molar-refractivity contribution in [3.63, 3.8) is 0 Å². The Morgan fingerprint density at radius 1 is 0.682 bits per heavy atom. The topological polar surface area (TPSA) is 36.9 Å². The molecule has 4 nitrogen and oxygen atoms in total. The summed E-state index contributed by atoms with van der Waals surface area (Å²) in [5.41, 5.74) is -1.60. The highest BCUT2D eigenvalue weighted by Crippen LogP contribution is 2.43. The van der Waals surface area contributed by atoms with Crippen LogP contribution in [0, 0.1) is 0 Å². The summed E-state index contributed by atoms with van der Waals surface area (Å²) in [6.07, 6.45) is 3.58. The first-order valence-electron chi connectivity index (χ1n) is 7.87. The Morgan fingerprint density at radius 2 is 0.955 bits per heavy atom. The molecule has 2 aliphatic rings. The summed E-state index contributed by atoms with van der Waals surface area (Å²) in [5, 5.41) is 0.812. The van der Waals surface area contributed by atoms with E-state index in [1.807, 2.05) is 61.5 Å². The van der Waals surface area contributed by atoms with Crippen molar-refractivity contribution >= 4 is 14.2 Å². The smallest absolute Gasteiger partial charge is 0.400 e. The van der Waals surface area contributed by atoms with Gasteiger partial charge in [-0.15, -0.1) is 0 Å². The minimum Gasteiger partial charge on any atom is -0.400 e. The molecule has 0 aliphatic carbocycles. The van der Waals surface area contributed by atoms with Crippen LogP contribution in [0.3, 0.4) is 0 Å². The molecule has 2 rings (SSSR count). The Kier molecular flexibility index (Phi) is 4.23. The molecule has 6 heteroatoms. The van der Waals surface area contributed by atoms with Gasteiger partial charge < -0.3 is 18.6 Å². The Morgan fingerprint density at radius 3 is 1.18 bits per heavy atom. The predicted molar refractivity (Wildman–Crippen MR) is 90.4 cm³/mol. The molecule has 22 heavy (non-hydrogen) atoms. The monoisotopic (exact) mass is 306 g/mol. The average Bonchev–Trinajstić information content (AvgIpc) is 2.65. The van der Waals surface area contributed by atoms with E-state index in [1.54, 1.807) is 6.08 Å². The molecule has 0 aromatic heterocycles. The zero-order valence-electron chi connectivity index (χ0n) is 15.1. The second kappa shape index (κ2) is 5.23. The normalized spacial score (nSPS) is 27.8. The summed E-state index contributed by atoms with van der Waals surface area (Å²) in [6, 6.07) is 0. The summed E-state index contributed by atoms with van der Waals surface area (Å²) in [4.78, 5) is 0. The summed E-state index contributed by atoms with van der Waals surface area (Å²) in [5.74, 6) is 0. The van der Waals surface area contributed by atoms with Crippen LogP contribution in [-0.4, -0.2) is 36.6 Å². The molecule has 2 aliphatic heterocycles. The van der Waals surface area contributed by atoms with Crippen LogP contribution in [-0.2, 0) is 18.6 Å². The molecule has 0 bridgehead atoms. The van der Waals surface area contributed by atoms with E-state index >= 15 is 0 Å². The van der Waals surface area contributed by atoms with E-state index in [0.717, 1.165) is 5.37 Å². The maximum Gasteiger partial charge on any atom is 0.486 e. The zero-order chi connectivity index (χ0) is 17.0. The number of hydrogen-bond donors (Lipinski definition) is 0. The highest BCUT2D eigenvalue weighted by molar-refractivity contribution is 6.78. The van der Waals surface area contributed by atoms with E-state index in [1.165, 1.54) is 0 Å². The van der Waals surface area contributed by atoms with Gasteiger partial charge in [0.05, 0.1) is 22.4 Å². The fourth-order valence-corrected chi connectivity index (χ4v) is 2.36. The second-order valence-corrected chi connectivity index (χ2v) is 8.08. The fourth-order valence-electron chi connectivity index (χ4n) is 2.36. The molecule has 0 spiro atoms. The zero-order valence-corrected chi connectivity index (χ0v) is 15.1. The molecular formula is C16H28B2O4. The van der Waals surface area contributed by atoms with Crippen LogP contribution in [0.5, 0.6) is 0 Å².